The van der Waals surface area contributed by atoms with Crippen LogP contribution in [0.5, 0.6) is 0 Å². The van der Waals surface area contributed by atoms with Gasteiger partial charge in [0.1, 0.15) is 0 Å². The van der Waals surface area contributed by atoms with Gasteiger partial charge in [-0.2, -0.15) is 0 Å². The average molecular weight is 295 g/mol. The Morgan fingerprint density at radius 1 is 0.909 bits per heavy atom. The molecule has 2 aromatic rings. The molecule has 0 saturated heterocycles. The summed E-state index contributed by atoms with van der Waals surface area (Å²) in [5.41, 5.74) is 4.50. The summed E-state index contributed by atoms with van der Waals surface area (Å²) in [6, 6.07) is 20.1. The van der Waals surface area contributed by atoms with Gasteiger partial charge in [0.15, 0.2) is 0 Å². The fourth-order valence-corrected chi connectivity index (χ4v) is 2.86. The summed E-state index contributed by atoms with van der Waals surface area (Å²) < 4.78 is 0. The number of nitrogens with one attached hydrogen (secondary N) is 1. The molecule has 0 heterocycles. The van der Waals surface area contributed by atoms with Crippen LogP contribution in [0.2, 0.25) is 0 Å². The number of hydrogen-bond acceptors (Lipinski definition) is 1. The maximum absolute atomic E-state index is 3.28. The average Bonchev–Trinajstić information content (AvgIpc) is 2.52. The molecule has 0 aliphatic carbocycles. The van der Waals surface area contributed by atoms with E-state index in [-0.39, 0.29) is 5.41 Å². The lowest BCUT2D eigenvalue weighted by Gasteiger charge is -2.21. The molecule has 2 rings (SSSR count). The van der Waals surface area contributed by atoms with Crippen LogP contribution in [0, 0.1) is 0 Å². The molecule has 1 N–H and O–H groups in total. The molecule has 1 nitrogen and oxygen atoms in total. The molecule has 0 radical (unpaired) electrons. The minimum absolute atomic E-state index is 0.226. The lowest BCUT2D eigenvalue weighted by atomic mass is 9.85. The quantitative estimate of drug-likeness (QED) is 0.797. The highest BCUT2D eigenvalue weighted by Crippen LogP contribution is 2.26. The van der Waals surface area contributed by atoms with Crippen LogP contribution in [0.1, 0.15) is 49.8 Å². The van der Waals surface area contributed by atoms with Crippen LogP contribution in [0.3, 0.4) is 0 Å². The SMILES string of the molecule is CNCCC(Cc1ccc(C(C)(C)C)cc1)c1ccccc1. The van der Waals surface area contributed by atoms with Gasteiger partial charge in [0, 0.05) is 0 Å². The van der Waals surface area contributed by atoms with Crippen molar-refractivity contribution in [1.29, 1.82) is 0 Å². The van der Waals surface area contributed by atoms with E-state index < -0.39 is 0 Å². The van der Waals surface area contributed by atoms with Crippen molar-refractivity contribution in [2.24, 2.45) is 0 Å². The van der Waals surface area contributed by atoms with E-state index in [9.17, 15) is 0 Å². The highest BCUT2D eigenvalue weighted by atomic mass is 14.8. The minimum atomic E-state index is 0.226. The van der Waals surface area contributed by atoms with E-state index in [0.29, 0.717) is 5.92 Å². The van der Waals surface area contributed by atoms with Gasteiger partial charge in [0.25, 0.3) is 0 Å². The van der Waals surface area contributed by atoms with Gasteiger partial charge in [-0.1, -0.05) is 75.4 Å². The smallest absolute Gasteiger partial charge is 0.00460 e. The maximum Gasteiger partial charge on any atom is -0.00460 e. The molecule has 0 fully saturated rings. The third kappa shape index (κ3) is 4.71. The third-order valence-corrected chi connectivity index (χ3v) is 4.32. The first-order chi connectivity index (χ1) is 10.5. The molecule has 118 valence electrons. The summed E-state index contributed by atoms with van der Waals surface area (Å²) in [6.45, 7) is 7.85. The van der Waals surface area contributed by atoms with Crippen molar-refractivity contribution in [3.63, 3.8) is 0 Å². The number of rotatable bonds is 6. The molecule has 22 heavy (non-hydrogen) atoms. The molecule has 0 aliphatic heterocycles. The van der Waals surface area contributed by atoms with Crippen LogP contribution >= 0.6 is 0 Å². The highest BCUT2D eigenvalue weighted by Gasteiger charge is 2.15. The van der Waals surface area contributed by atoms with Crippen LogP contribution in [0.4, 0.5) is 0 Å². The topological polar surface area (TPSA) is 12.0 Å². The lowest BCUT2D eigenvalue weighted by molar-refractivity contribution is 0.585. The fraction of sp³-hybridized carbons (Fsp3) is 0.429. The van der Waals surface area contributed by atoms with Crippen LogP contribution < -0.4 is 5.32 Å². The second-order valence-electron chi connectivity index (χ2n) is 7.15. The number of hydrogen-bond donors (Lipinski definition) is 1. The van der Waals surface area contributed by atoms with E-state index in [2.05, 4.69) is 80.7 Å². The van der Waals surface area contributed by atoms with Gasteiger partial charge in [-0.15, -0.1) is 0 Å². The Hall–Kier alpha value is -1.60. The van der Waals surface area contributed by atoms with Crippen molar-refractivity contribution in [1.82, 2.24) is 5.32 Å². The Kier molecular flexibility index (Phi) is 5.79. The molecule has 1 unspecified atom stereocenters. The predicted molar refractivity (Wildman–Crippen MR) is 96.6 cm³/mol. The van der Waals surface area contributed by atoms with E-state index in [0.717, 1.165) is 13.0 Å². The van der Waals surface area contributed by atoms with Gasteiger partial charge < -0.3 is 5.32 Å². The summed E-state index contributed by atoms with van der Waals surface area (Å²) in [4.78, 5) is 0. The zero-order valence-electron chi connectivity index (χ0n) is 14.4. The van der Waals surface area contributed by atoms with Crippen LogP contribution in [0.25, 0.3) is 0 Å². The van der Waals surface area contributed by atoms with E-state index >= 15 is 0 Å². The van der Waals surface area contributed by atoms with Gasteiger partial charge in [-0.05, 0) is 54.5 Å². The molecule has 1 atom stereocenters. The van der Waals surface area contributed by atoms with Crippen LogP contribution in [-0.2, 0) is 11.8 Å². The van der Waals surface area contributed by atoms with Crippen LogP contribution in [0.15, 0.2) is 54.6 Å². The molecule has 0 spiro atoms. The first-order valence-corrected chi connectivity index (χ1v) is 8.29. The molecule has 1 heteroatoms. The summed E-state index contributed by atoms with van der Waals surface area (Å²) in [5.74, 6) is 0.578. The van der Waals surface area contributed by atoms with E-state index in [1.807, 2.05) is 7.05 Å². The van der Waals surface area contributed by atoms with Crippen molar-refractivity contribution in [3.8, 4) is 0 Å². The second kappa shape index (κ2) is 7.60. The molecular formula is C21H29N. The van der Waals surface area contributed by atoms with Gasteiger partial charge in [-0.25, -0.2) is 0 Å². The first-order valence-electron chi connectivity index (χ1n) is 8.29. The van der Waals surface area contributed by atoms with Crippen molar-refractivity contribution >= 4 is 0 Å². The monoisotopic (exact) mass is 295 g/mol. The molecule has 0 saturated carbocycles. The summed E-state index contributed by atoms with van der Waals surface area (Å²) >= 11 is 0. The molecule has 0 bridgehead atoms. The molecule has 2 aromatic carbocycles. The van der Waals surface area contributed by atoms with Gasteiger partial charge in [0.2, 0.25) is 0 Å². The second-order valence-corrected chi connectivity index (χ2v) is 7.15. The molecule has 0 aliphatic rings. The fourth-order valence-electron chi connectivity index (χ4n) is 2.86. The van der Waals surface area contributed by atoms with E-state index in [1.165, 1.54) is 23.1 Å². The summed E-state index contributed by atoms with van der Waals surface area (Å²) in [6.07, 6.45) is 2.28. The Balaban J connectivity index is 2.13. The molecule has 0 aromatic heterocycles. The normalized spacial score (nSPS) is 13.1. The highest BCUT2D eigenvalue weighted by molar-refractivity contribution is 5.30. The summed E-state index contributed by atoms with van der Waals surface area (Å²) in [7, 11) is 2.03. The first kappa shape index (κ1) is 16.8. The maximum atomic E-state index is 3.28. The van der Waals surface area contributed by atoms with Gasteiger partial charge in [0.05, 0.1) is 0 Å². The van der Waals surface area contributed by atoms with Crippen molar-refractivity contribution in [3.05, 3.63) is 71.3 Å². The minimum Gasteiger partial charge on any atom is -0.320 e. The van der Waals surface area contributed by atoms with E-state index in [4.69, 9.17) is 0 Å². The van der Waals surface area contributed by atoms with Crippen LogP contribution in [-0.4, -0.2) is 13.6 Å². The Bertz CT molecular complexity index is 549. The van der Waals surface area contributed by atoms with Gasteiger partial charge in [-0.3, -0.25) is 0 Å². The molecular weight excluding hydrogens is 266 g/mol. The molecule has 0 amide bonds. The van der Waals surface area contributed by atoms with E-state index in [1.54, 1.807) is 0 Å². The Labute approximate surface area is 135 Å². The van der Waals surface area contributed by atoms with Crippen molar-refractivity contribution < 1.29 is 0 Å². The zero-order chi connectivity index (χ0) is 16.0. The standard InChI is InChI=1S/C21H29N/c1-21(2,3)20-12-10-17(11-13-20)16-19(14-15-22-4)18-8-6-5-7-9-18/h5-13,19,22H,14-16H2,1-4H3. The largest absolute Gasteiger partial charge is 0.320 e. The van der Waals surface area contributed by atoms with Gasteiger partial charge >= 0.3 is 0 Å². The number of benzene rings is 2. The third-order valence-electron chi connectivity index (χ3n) is 4.32. The Morgan fingerprint density at radius 3 is 2.09 bits per heavy atom. The van der Waals surface area contributed by atoms with Crippen molar-refractivity contribution in [2.45, 2.75) is 44.9 Å². The zero-order valence-corrected chi connectivity index (χ0v) is 14.4. The van der Waals surface area contributed by atoms with Crippen molar-refractivity contribution in [2.75, 3.05) is 13.6 Å². The summed E-state index contributed by atoms with van der Waals surface area (Å²) in [5, 5.41) is 3.28. The predicted octanol–water partition coefficient (Wildman–Crippen LogP) is 4.92. The lowest BCUT2D eigenvalue weighted by Crippen LogP contribution is -2.14. The Morgan fingerprint density at radius 2 is 1.55 bits per heavy atom.